The van der Waals surface area contributed by atoms with Crippen molar-refractivity contribution in [2.45, 2.75) is 18.8 Å². The highest BCUT2D eigenvalue weighted by Crippen LogP contribution is 2.40. The van der Waals surface area contributed by atoms with Gasteiger partial charge in [-0.2, -0.15) is 0 Å². The molecule has 0 heterocycles. The maximum absolute atomic E-state index is 10.6. The van der Waals surface area contributed by atoms with E-state index < -0.39 is 0 Å². The Hall–Kier alpha value is -2.16. The number of benzene rings is 2. The van der Waals surface area contributed by atoms with Crippen LogP contribution in [0.4, 0.5) is 5.69 Å². The molecule has 0 unspecified atom stereocenters. The van der Waals surface area contributed by atoms with Crippen LogP contribution in [0.5, 0.6) is 0 Å². The van der Waals surface area contributed by atoms with E-state index in [2.05, 4.69) is 24.3 Å². The van der Waals surface area contributed by atoms with Gasteiger partial charge >= 0.3 is 0 Å². The average Bonchev–Trinajstić information content (AvgIpc) is 3.23. The summed E-state index contributed by atoms with van der Waals surface area (Å²) in [4.78, 5) is 10.2. The first kappa shape index (κ1) is 11.0. The number of nitro benzene ring substituents is 1. The van der Waals surface area contributed by atoms with Gasteiger partial charge in [0, 0.05) is 12.1 Å². The summed E-state index contributed by atoms with van der Waals surface area (Å²) in [6.45, 7) is 0. The topological polar surface area (TPSA) is 43.1 Å². The second kappa shape index (κ2) is 4.26. The Balaban J connectivity index is 1.86. The highest BCUT2D eigenvalue weighted by molar-refractivity contribution is 5.65. The standard InChI is InChI=1S/C15H13NO2/c17-16(18)15-9-7-14(8-10-15)13-5-3-12(4-6-13)11-1-2-11/h3-11H,1-2H2. The fraction of sp³-hybridized carbons (Fsp3) is 0.200. The Labute approximate surface area is 105 Å². The van der Waals surface area contributed by atoms with Crippen molar-refractivity contribution in [1.29, 1.82) is 0 Å². The Morgan fingerprint density at radius 1 is 0.889 bits per heavy atom. The van der Waals surface area contributed by atoms with E-state index in [0.29, 0.717) is 0 Å². The SMILES string of the molecule is O=[N+]([O-])c1ccc(-c2ccc(C3CC3)cc2)cc1. The molecule has 0 bridgehead atoms. The molecule has 1 aliphatic carbocycles. The van der Waals surface area contributed by atoms with Crippen molar-refractivity contribution in [1.82, 2.24) is 0 Å². The lowest BCUT2D eigenvalue weighted by molar-refractivity contribution is -0.384. The molecule has 2 aromatic carbocycles. The van der Waals surface area contributed by atoms with Crippen LogP contribution in [-0.4, -0.2) is 4.92 Å². The van der Waals surface area contributed by atoms with Gasteiger partial charge in [0.05, 0.1) is 4.92 Å². The first-order chi connectivity index (χ1) is 8.74. The summed E-state index contributed by atoms with van der Waals surface area (Å²) < 4.78 is 0. The quantitative estimate of drug-likeness (QED) is 0.596. The van der Waals surface area contributed by atoms with Gasteiger partial charge in [-0.15, -0.1) is 0 Å². The van der Waals surface area contributed by atoms with Crippen LogP contribution < -0.4 is 0 Å². The van der Waals surface area contributed by atoms with E-state index in [1.54, 1.807) is 24.3 Å². The molecule has 2 aromatic rings. The van der Waals surface area contributed by atoms with Crippen LogP contribution in [0.1, 0.15) is 24.3 Å². The summed E-state index contributed by atoms with van der Waals surface area (Å²) in [5.41, 5.74) is 3.66. The summed E-state index contributed by atoms with van der Waals surface area (Å²) in [7, 11) is 0. The molecule has 1 aliphatic rings. The molecule has 3 rings (SSSR count). The molecule has 0 atom stereocenters. The van der Waals surface area contributed by atoms with Crippen LogP contribution >= 0.6 is 0 Å². The zero-order chi connectivity index (χ0) is 12.5. The highest BCUT2D eigenvalue weighted by Gasteiger charge is 2.22. The number of nitrogens with zero attached hydrogens (tertiary/aromatic N) is 1. The molecule has 18 heavy (non-hydrogen) atoms. The molecular weight excluding hydrogens is 226 g/mol. The monoisotopic (exact) mass is 239 g/mol. The first-order valence-corrected chi connectivity index (χ1v) is 6.09. The predicted molar refractivity (Wildman–Crippen MR) is 70.5 cm³/mol. The molecule has 3 heteroatoms. The second-order valence-electron chi connectivity index (χ2n) is 4.70. The lowest BCUT2D eigenvalue weighted by atomic mass is 10.0. The molecule has 0 radical (unpaired) electrons. The molecule has 0 N–H and O–H groups in total. The zero-order valence-electron chi connectivity index (χ0n) is 9.87. The van der Waals surface area contributed by atoms with Crippen LogP contribution in [0.3, 0.4) is 0 Å². The Morgan fingerprint density at radius 2 is 1.39 bits per heavy atom. The number of rotatable bonds is 3. The van der Waals surface area contributed by atoms with E-state index >= 15 is 0 Å². The van der Waals surface area contributed by atoms with E-state index in [0.717, 1.165) is 17.0 Å². The molecule has 0 spiro atoms. The Kier molecular flexibility index (Phi) is 2.59. The van der Waals surface area contributed by atoms with Gasteiger partial charge in [0.1, 0.15) is 0 Å². The van der Waals surface area contributed by atoms with Crippen LogP contribution in [0.15, 0.2) is 48.5 Å². The van der Waals surface area contributed by atoms with Gasteiger partial charge < -0.3 is 0 Å². The fourth-order valence-corrected chi connectivity index (χ4v) is 2.14. The van der Waals surface area contributed by atoms with Crippen LogP contribution in [0.25, 0.3) is 11.1 Å². The van der Waals surface area contributed by atoms with Crippen LogP contribution in [0.2, 0.25) is 0 Å². The van der Waals surface area contributed by atoms with Crippen molar-refractivity contribution in [2.75, 3.05) is 0 Å². The molecule has 0 aromatic heterocycles. The number of hydrogen-bond acceptors (Lipinski definition) is 2. The highest BCUT2D eigenvalue weighted by atomic mass is 16.6. The average molecular weight is 239 g/mol. The smallest absolute Gasteiger partial charge is 0.258 e. The Morgan fingerprint density at radius 3 is 1.83 bits per heavy atom. The molecule has 0 aliphatic heterocycles. The van der Waals surface area contributed by atoms with E-state index in [-0.39, 0.29) is 10.6 Å². The van der Waals surface area contributed by atoms with Crippen molar-refractivity contribution in [3.8, 4) is 11.1 Å². The third-order valence-electron chi connectivity index (χ3n) is 3.37. The number of non-ortho nitro benzene ring substituents is 1. The fourth-order valence-electron chi connectivity index (χ4n) is 2.14. The molecule has 1 saturated carbocycles. The first-order valence-electron chi connectivity index (χ1n) is 6.09. The molecule has 0 saturated heterocycles. The molecule has 3 nitrogen and oxygen atoms in total. The lowest BCUT2D eigenvalue weighted by Crippen LogP contribution is -1.87. The van der Waals surface area contributed by atoms with Gasteiger partial charge in [-0.3, -0.25) is 10.1 Å². The van der Waals surface area contributed by atoms with E-state index in [1.807, 2.05) is 0 Å². The third-order valence-corrected chi connectivity index (χ3v) is 3.37. The predicted octanol–water partition coefficient (Wildman–Crippen LogP) is 4.14. The van der Waals surface area contributed by atoms with Gasteiger partial charge in [-0.1, -0.05) is 24.3 Å². The third kappa shape index (κ3) is 2.12. The maximum Gasteiger partial charge on any atom is 0.269 e. The van der Waals surface area contributed by atoms with Crippen LogP contribution in [0, 0.1) is 10.1 Å². The largest absolute Gasteiger partial charge is 0.269 e. The van der Waals surface area contributed by atoms with Gasteiger partial charge in [0.15, 0.2) is 0 Å². The second-order valence-corrected chi connectivity index (χ2v) is 4.70. The van der Waals surface area contributed by atoms with Gasteiger partial charge in [0.25, 0.3) is 5.69 Å². The number of nitro groups is 1. The molecule has 0 amide bonds. The minimum Gasteiger partial charge on any atom is -0.258 e. The number of hydrogen-bond donors (Lipinski definition) is 0. The van der Waals surface area contributed by atoms with Gasteiger partial charge in [-0.05, 0) is 47.6 Å². The van der Waals surface area contributed by atoms with Crippen molar-refractivity contribution >= 4 is 5.69 Å². The lowest BCUT2D eigenvalue weighted by Gasteiger charge is -2.03. The zero-order valence-corrected chi connectivity index (χ0v) is 9.87. The summed E-state index contributed by atoms with van der Waals surface area (Å²) in [5, 5.41) is 10.6. The summed E-state index contributed by atoms with van der Waals surface area (Å²) >= 11 is 0. The Bertz CT molecular complexity index is 568. The van der Waals surface area contributed by atoms with Crippen molar-refractivity contribution in [3.63, 3.8) is 0 Å². The minimum atomic E-state index is -0.375. The van der Waals surface area contributed by atoms with E-state index in [9.17, 15) is 10.1 Å². The van der Waals surface area contributed by atoms with Crippen molar-refractivity contribution in [3.05, 3.63) is 64.2 Å². The summed E-state index contributed by atoms with van der Waals surface area (Å²) in [6.07, 6.45) is 2.60. The molecule has 90 valence electrons. The summed E-state index contributed by atoms with van der Waals surface area (Å²) in [5.74, 6) is 0.760. The van der Waals surface area contributed by atoms with Gasteiger partial charge in [-0.25, -0.2) is 0 Å². The van der Waals surface area contributed by atoms with E-state index in [4.69, 9.17) is 0 Å². The van der Waals surface area contributed by atoms with Crippen LogP contribution in [-0.2, 0) is 0 Å². The molecular formula is C15H13NO2. The molecule has 1 fully saturated rings. The normalized spacial score (nSPS) is 14.4. The van der Waals surface area contributed by atoms with E-state index in [1.165, 1.54) is 18.4 Å². The maximum atomic E-state index is 10.6. The van der Waals surface area contributed by atoms with Crippen molar-refractivity contribution in [2.24, 2.45) is 0 Å². The van der Waals surface area contributed by atoms with Gasteiger partial charge in [0.2, 0.25) is 0 Å². The summed E-state index contributed by atoms with van der Waals surface area (Å²) in [6, 6.07) is 15.2. The van der Waals surface area contributed by atoms with Crippen molar-refractivity contribution < 1.29 is 4.92 Å². The minimum absolute atomic E-state index is 0.133.